The Morgan fingerprint density at radius 3 is 2.50 bits per heavy atom. The quantitative estimate of drug-likeness (QED) is 0.772. The van der Waals surface area contributed by atoms with E-state index in [1.54, 1.807) is 0 Å². The number of hydrogen-bond acceptors (Lipinski definition) is 2. The molecule has 1 unspecified atom stereocenters. The van der Waals surface area contributed by atoms with E-state index < -0.39 is 12.3 Å². The van der Waals surface area contributed by atoms with Crippen LogP contribution in [-0.2, 0) is 0 Å². The molecule has 1 aromatic rings. The second kappa shape index (κ2) is 4.91. The van der Waals surface area contributed by atoms with Crippen LogP contribution in [0.3, 0.4) is 0 Å². The van der Waals surface area contributed by atoms with Gasteiger partial charge in [-0.25, -0.2) is 0 Å². The van der Waals surface area contributed by atoms with Crippen LogP contribution >= 0.6 is 22.6 Å². The predicted molar refractivity (Wildman–Crippen MR) is 60.0 cm³/mol. The highest BCUT2D eigenvalue weighted by molar-refractivity contribution is 14.1. The Bertz CT molecular complexity index is 425. The Morgan fingerprint density at radius 1 is 1.44 bits per heavy atom. The zero-order valence-corrected chi connectivity index (χ0v) is 10.3. The summed E-state index contributed by atoms with van der Waals surface area (Å²) in [6.45, 7) is 0.939. The fraction of sp³-hybridized carbons (Fsp3) is 0.300. The third kappa shape index (κ3) is 3.27. The maximum absolute atomic E-state index is 12.2. The zero-order chi connectivity index (χ0) is 12.3. The van der Waals surface area contributed by atoms with Crippen LogP contribution in [0.25, 0.3) is 0 Å². The minimum absolute atomic E-state index is 0.129. The molecule has 2 nitrogen and oxygen atoms in total. The van der Waals surface area contributed by atoms with Gasteiger partial charge in [0.05, 0.1) is 15.2 Å². The molecule has 16 heavy (non-hydrogen) atoms. The molecule has 0 N–H and O–H groups in total. The van der Waals surface area contributed by atoms with Gasteiger partial charge in [-0.2, -0.15) is 18.4 Å². The molecule has 0 spiro atoms. The summed E-state index contributed by atoms with van der Waals surface area (Å²) in [4.78, 5) is 0. The molecule has 86 valence electrons. The summed E-state index contributed by atoms with van der Waals surface area (Å²) < 4.78 is 41.9. The number of nitriles is 1. The summed E-state index contributed by atoms with van der Waals surface area (Å²) in [5, 5.41) is 8.59. The van der Waals surface area contributed by atoms with Crippen LogP contribution in [0.1, 0.15) is 12.5 Å². The van der Waals surface area contributed by atoms with E-state index in [-0.39, 0.29) is 5.75 Å². The van der Waals surface area contributed by atoms with Gasteiger partial charge in [0.1, 0.15) is 5.75 Å². The largest absolute Gasteiger partial charge is 0.480 e. The topological polar surface area (TPSA) is 33.0 Å². The summed E-state index contributed by atoms with van der Waals surface area (Å²) in [7, 11) is 0. The summed E-state index contributed by atoms with van der Waals surface area (Å²) in [6, 6.07) is 6.15. The van der Waals surface area contributed by atoms with E-state index in [9.17, 15) is 13.2 Å². The van der Waals surface area contributed by atoms with Gasteiger partial charge in [-0.15, -0.1) is 0 Å². The van der Waals surface area contributed by atoms with Gasteiger partial charge in [-0.05, 0) is 47.7 Å². The zero-order valence-electron chi connectivity index (χ0n) is 8.18. The molecule has 0 aliphatic rings. The third-order valence-electron chi connectivity index (χ3n) is 1.83. The fourth-order valence-corrected chi connectivity index (χ4v) is 1.57. The molecule has 1 rings (SSSR count). The Kier molecular flexibility index (Phi) is 4.02. The van der Waals surface area contributed by atoms with Crippen LogP contribution in [-0.4, -0.2) is 12.3 Å². The molecule has 0 heterocycles. The van der Waals surface area contributed by atoms with Gasteiger partial charge in [-0.3, -0.25) is 0 Å². The Labute approximate surface area is 104 Å². The van der Waals surface area contributed by atoms with Crippen molar-refractivity contribution in [3.63, 3.8) is 0 Å². The molecule has 1 aromatic carbocycles. The van der Waals surface area contributed by atoms with Crippen molar-refractivity contribution in [1.82, 2.24) is 0 Å². The second-order valence-corrected chi connectivity index (χ2v) is 4.22. The van der Waals surface area contributed by atoms with Crippen LogP contribution < -0.4 is 4.74 Å². The summed E-state index contributed by atoms with van der Waals surface area (Å²) in [6.07, 6.45) is -6.26. The minimum atomic E-state index is -4.39. The second-order valence-electron chi connectivity index (χ2n) is 3.06. The molecule has 0 amide bonds. The summed E-state index contributed by atoms with van der Waals surface area (Å²) in [5.41, 5.74) is 0.386. The first kappa shape index (κ1) is 13.1. The Hall–Kier alpha value is -0.970. The smallest absolute Gasteiger partial charge is 0.425 e. The first-order chi connectivity index (χ1) is 7.34. The molecular weight excluding hydrogens is 334 g/mol. The molecule has 0 aliphatic carbocycles. The number of halogens is 4. The molecule has 0 bridgehead atoms. The van der Waals surface area contributed by atoms with E-state index in [1.807, 2.05) is 28.7 Å². The van der Waals surface area contributed by atoms with Crippen molar-refractivity contribution in [3.05, 3.63) is 27.3 Å². The van der Waals surface area contributed by atoms with E-state index in [0.717, 1.165) is 6.92 Å². The molecule has 0 radical (unpaired) electrons. The third-order valence-corrected chi connectivity index (χ3v) is 2.67. The predicted octanol–water partition coefficient (Wildman–Crippen LogP) is 3.49. The van der Waals surface area contributed by atoms with Crippen molar-refractivity contribution >= 4 is 22.6 Å². The lowest BCUT2D eigenvalue weighted by molar-refractivity contribution is -0.189. The molecular formula is C10H7F3INO. The van der Waals surface area contributed by atoms with Crippen molar-refractivity contribution in [3.8, 4) is 11.8 Å². The number of nitrogens with zero attached hydrogens (tertiary/aromatic N) is 1. The molecule has 0 aromatic heterocycles. The first-order valence-corrected chi connectivity index (χ1v) is 5.35. The standard InChI is InChI=1S/C10H7F3INO/c1-6(10(11,12)13)16-9-3-2-7(5-15)4-8(9)14/h2-4,6H,1H3. The van der Waals surface area contributed by atoms with Crippen LogP contribution in [0.15, 0.2) is 18.2 Å². The normalized spacial score (nSPS) is 13.0. The number of benzene rings is 1. The van der Waals surface area contributed by atoms with Gasteiger partial charge in [0.2, 0.25) is 0 Å². The van der Waals surface area contributed by atoms with Crippen LogP contribution in [0, 0.1) is 14.9 Å². The minimum Gasteiger partial charge on any atom is -0.480 e. The van der Waals surface area contributed by atoms with Gasteiger partial charge in [0.15, 0.2) is 6.10 Å². The molecule has 0 saturated carbocycles. The fourth-order valence-electron chi connectivity index (χ4n) is 0.923. The summed E-state index contributed by atoms with van der Waals surface area (Å²) >= 11 is 1.83. The molecule has 6 heteroatoms. The van der Waals surface area contributed by atoms with Gasteiger partial charge in [-0.1, -0.05) is 0 Å². The van der Waals surface area contributed by atoms with Crippen LogP contribution in [0.2, 0.25) is 0 Å². The average Bonchev–Trinajstić information content (AvgIpc) is 2.19. The lowest BCUT2D eigenvalue weighted by Gasteiger charge is -2.18. The van der Waals surface area contributed by atoms with E-state index in [1.165, 1.54) is 18.2 Å². The molecule has 1 atom stereocenters. The van der Waals surface area contributed by atoms with Crippen molar-refractivity contribution < 1.29 is 17.9 Å². The van der Waals surface area contributed by atoms with E-state index in [2.05, 4.69) is 0 Å². The van der Waals surface area contributed by atoms with Gasteiger partial charge >= 0.3 is 6.18 Å². The van der Waals surface area contributed by atoms with E-state index in [0.29, 0.717) is 9.13 Å². The van der Waals surface area contributed by atoms with Crippen molar-refractivity contribution in [2.24, 2.45) is 0 Å². The van der Waals surface area contributed by atoms with Gasteiger partial charge < -0.3 is 4.74 Å². The van der Waals surface area contributed by atoms with Crippen LogP contribution in [0.5, 0.6) is 5.75 Å². The number of alkyl halides is 3. The van der Waals surface area contributed by atoms with Crippen molar-refractivity contribution in [2.75, 3.05) is 0 Å². The maximum atomic E-state index is 12.2. The van der Waals surface area contributed by atoms with Gasteiger partial charge in [0.25, 0.3) is 0 Å². The highest BCUT2D eigenvalue weighted by Crippen LogP contribution is 2.28. The first-order valence-electron chi connectivity index (χ1n) is 4.27. The monoisotopic (exact) mass is 341 g/mol. The molecule has 0 saturated heterocycles. The number of ether oxygens (including phenoxy) is 1. The molecule has 0 aliphatic heterocycles. The summed E-state index contributed by atoms with van der Waals surface area (Å²) in [5.74, 6) is 0.129. The van der Waals surface area contributed by atoms with E-state index >= 15 is 0 Å². The maximum Gasteiger partial charge on any atom is 0.425 e. The van der Waals surface area contributed by atoms with Crippen molar-refractivity contribution in [1.29, 1.82) is 5.26 Å². The van der Waals surface area contributed by atoms with Gasteiger partial charge in [0, 0.05) is 0 Å². The van der Waals surface area contributed by atoms with Crippen molar-refractivity contribution in [2.45, 2.75) is 19.2 Å². The highest BCUT2D eigenvalue weighted by Gasteiger charge is 2.38. The number of rotatable bonds is 2. The Balaban J connectivity index is 2.88. The lowest BCUT2D eigenvalue weighted by atomic mass is 10.2. The SMILES string of the molecule is CC(Oc1ccc(C#N)cc1I)C(F)(F)F. The lowest BCUT2D eigenvalue weighted by Crippen LogP contribution is -2.31. The Morgan fingerprint density at radius 2 is 2.06 bits per heavy atom. The number of hydrogen-bond donors (Lipinski definition) is 0. The van der Waals surface area contributed by atoms with Crippen LogP contribution in [0.4, 0.5) is 13.2 Å². The van der Waals surface area contributed by atoms with E-state index in [4.69, 9.17) is 10.00 Å². The average molecular weight is 341 g/mol. The highest BCUT2D eigenvalue weighted by atomic mass is 127. The molecule has 0 fully saturated rings.